The Morgan fingerprint density at radius 1 is 0.970 bits per heavy atom. The molecule has 0 aliphatic heterocycles. The highest BCUT2D eigenvalue weighted by Gasteiger charge is 2.20. The number of rotatable bonds is 8. The molecule has 0 radical (unpaired) electrons. The van der Waals surface area contributed by atoms with Gasteiger partial charge >= 0.3 is 6.09 Å². The number of hydrogen-bond donors (Lipinski definition) is 2. The summed E-state index contributed by atoms with van der Waals surface area (Å²) in [5, 5.41) is 2.95. The summed E-state index contributed by atoms with van der Waals surface area (Å²) >= 11 is 6.16. The molecule has 0 bridgehead atoms. The fourth-order valence-electron chi connectivity index (χ4n) is 3.07. The van der Waals surface area contributed by atoms with Crippen molar-refractivity contribution in [1.29, 1.82) is 0 Å². The number of allylic oxidation sites excluding steroid dienone is 2. The van der Waals surface area contributed by atoms with Gasteiger partial charge in [-0.3, -0.25) is 10.1 Å². The first-order valence-electron chi connectivity index (χ1n) is 10.3. The topological polar surface area (TPSA) is 90.6 Å². The zero-order valence-electron chi connectivity index (χ0n) is 18.4. The van der Waals surface area contributed by atoms with E-state index < -0.39 is 18.0 Å². The van der Waals surface area contributed by atoms with Crippen LogP contribution in [0.1, 0.15) is 41.4 Å². The molecule has 0 aliphatic carbocycles. The Kier molecular flexibility index (Phi) is 8.11. The zero-order chi connectivity index (χ0) is 23.8. The van der Waals surface area contributed by atoms with Gasteiger partial charge < -0.3 is 15.2 Å². The van der Waals surface area contributed by atoms with Gasteiger partial charge in [-0.2, -0.15) is 0 Å². The molecule has 0 fully saturated rings. The van der Waals surface area contributed by atoms with Crippen molar-refractivity contribution in [2.24, 2.45) is 5.73 Å². The number of benzene rings is 3. The second-order valence-corrected chi connectivity index (χ2v) is 7.79. The number of nitrogens with two attached hydrogens (primary N) is 1. The van der Waals surface area contributed by atoms with Crippen LogP contribution in [-0.2, 0) is 11.3 Å². The molecule has 3 N–H and O–H groups in total. The number of halogens is 1. The van der Waals surface area contributed by atoms with E-state index in [4.69, 9.17) is 26.8 Å². The third-order valence-electron chi connectivity index (χ3n) is 4.84. The van der Waals surface area contributed by atoms with Crippen LogP contribution in [0, 0.1) is 0 Å². The summed E-state index contributed by atoms with van der Waals surface area (Å²) < 4.78 is 11.1. The molecule has 170 valence electrons. The summed E-state index contributed by atoms with van der Waals surface area (Å²) in [6, 6.07) is 23.4. The van der Waals surface area contributed by atoms with Gasteiger partial charge in [-0.25, -0.2) is 4.79 Å². The van der Waals surface area contributed by atoms with Crippen LogP contribution in [0.4, 0.5) is 4.79 Å². The second kappa shape index (κ2) is 11.2. The van der Waals surface area contributed by atoms with E-state index in [-0.39, 0.29) is 11.4 Å². The standard InChI is InChI=1S/C26H25ClN2O4/c1-17(28)24(29-26(31)33-18(2)22-10-6-7-11-23(22)27)25(30)20-14-12-19(13-15-20)16-32-21-8-4-3-5-9-21/h3-15,18H,16,28H2,1-2H3,(H,29,31). The van der Waals surface area contributed by atoms with Crippen molar-refractivity contribution in [3.63, 3.8) is 0 Å². The maximum Gasteiger partial charge on any atom is 0.412 e. The molecular weight excluding hydrogens is 440 g/mol. The van der Waals surface area contributed by atoms with Gasteiger partial charge in [0.15, 0.2) is 0 Å². The molecule has 0 heterocycles. The molecule has 3 aromatic rings. The van der Waals surface area contributed by atoms with E-state index in [9.17, 15) is 9.59 Å². The maximum absolute atomic E-state index is 13.0. The maximum atomic E-state index is 13.0. The third kappa shape index (κ3) is 6.60. The van der Waals surface area contributed by atoms with Crippen molar-refractivity contribution in [2.45, 2.75) is 26.6 Å². The van der Waals surface area contributed by atoms with Crippen LogP contribution >= 0.6 is 11.6 Å². The summed E-state index contributed by atoms with van der Waals surface area (Å²) in [6.45, 7) is 3.59. The van der Waals surface area contributed by atoms with Gasteiger partial charge in [0.1, 0.15) is 24.2 Å². The summed E-state index contributed by atoms with van der Waals surface area (Å²) in [4.78, 5) is 25.4. The number of carbonyl (C=O) groups excluding carboxylic acids is 2. The van der Waals surface area contributed by atoms with E-state index in [0.717, 1.165) is 11.3 Å². The molecule has 3 rings (SSSR count). The Balaban J connectivity index is 1.63. The van der Waals surface area contributed by atoms with Crippen LogP contribution < -0.4 is 15.8 Å². The number of nitrogens with one attached hydrogen (secondary N) is 1. The van der Waals surface area contributed by atoms with Gasteiger partial charge in [0.2, 0.25) is 5.78 Å². The summed E-state index contributed by atoms with van der Waals surface area (Å²) in [5.74, 6) is 0.336. The minimum absolute atomic E-state index is 0.0420. The Labute approximate surface area is 198 Å². The number of ketones is 1. The van der Waals surface area contributed by atoms with E-state index in [1.807, 2.05) is 30.3 Å². The van der Waals surface area contributed by atoms with E-state index >= 15 is 0 Å². The second-order valence-electron chi connectivity index (χ2n) is 7.38. The predicted octanol–water partition coefficient (Wildman–Crippen LogP) is 5.78. The Hall–Kier alpha value is -3.77. The van der Waals surface area contributed by atoms with Gasteiger partial charge in [-0.1, -0.05) is 72.3 Å². The first-order valence-corrected chi connectivity index (χ1v) is 10.7. The van der Waals surface area contributed by atoms with Crippen molar-refractivity contribution >= 4 is 23.5 Å². The lowest BCUT2D eigenvalue weighted by Gasteiger charge is -2.17. The smallest absolute Gasteiger partial charge is 0.412 e. The predicted molar refractivity (Wildman–Crippen MR) is 128 cm³/mol. The fraction of sp³-hybridized carbons (Fsp3) is 0.154. The van der Waals surface area contributed by atoms with Gasteiger partial charge in [-0.05, 0) is 37.6 Å². The molecule has 0 spiro atoms. The first kappa shape index (κ1) is 23.9. The van der Waals surface area contributed by atoms with E-state index in [0.29, 0.717) is 22.8 Å². The number of hydrogen-bond acceptors (Lipinski definition) is 5. The first-order chi connectivity index (χ1) is 15.8. The van der Waals surface area contributed by atoms with Gasteiger partial charge in [0.05, 0.1) is 0 Å². The molecule has 0 aromatic heterocycles. The Bertz CT molecular complexity index is 1140. The highest BCUT2D eigenvalue weighted by molar-refractivity contribution is 6.31. The molecular formula is C26H25ClN2O4. The molecule has 6 nitrogen and oxygen atoms in total. The third-order valence-corrected chi connectivity index (χ3v) is 5.18. The largest absolute Gasteiger partial charge is 0.489 e. The summed E-state index contributed by atoms with van der Waals surface area (Å²) in [6.07, 6.45) is -1.42. The lowest BCUT2D eigenvalue weighted by Crippen LogP contribution is -2.31. The number of para-hydroxylation sites is 1. The van der Waals surface area contributed by atoms with Crippen LogP contribution in [0.3, 0.4) is 0 Å². The number of carbonyl (C=O) groups is 2. The van der Waals surface area contributed by atoms with E-state index in [1.54, 1.807) is 55.5 Å². The van der Waals surface area contributed by atoms with Gasteiger partial charge in [-0.15, -0.1) is 0 Å². The molecule has 3 aromatic carbocycles. The number of alkyl carbamates (subject to hydrolysis) is 1. The molecule has 1 amide bonds. The zero-order valence-corrected chi connectivity index (χ0v) is 19.1. The van der Waals surface area contributed by atoms with Crippen molar-refractivity contribution in [2.75, 3.05) is 0 Å². The van der Waals surface area contributed by atoms with Crippen molar-refractivity contribution < 1.29 is 19.1 Å². The number of amides is 1. The molecule has 1 atom stereocenters. The average molecular weight is 465 g/mol. The number of Topliss-reactive ketones (excluding diaryl/α,β-unsaturated/α-hetero) is 1. The van der Waals surface area contributed by atoms with Crippen LogP contribution in [0.5, 0.6) is 5.75 Å². The summed E-state index contributed by atoms with van der Waals surface area (Å²) in [7, 11) is 0. The van der Waals surface area contributed by atoms with Gasteiger partial charge in [0, 0.05) is 21.8 Å². The quantitative estimate of drug-likeness (QED) is 0.325. The molecule has 7 heteroatoms. The SMILES string of the molecule is CC(N)=C(NC(=O)OC(C)c1ccccc1Cl)C(=O)c1ccc(COc2ccccc2)cc1. The monoisotopic (exact) mass is 464 g/mol. The molecule has 0 saturated carbocycles. The lowest BCUT2D eigenvalue weighted by atomic mass is 10.1. The Morgan fingerprint density at radius 3 is 2.24 bits per heavy atom. The van der Waals surface area contributed by atoms with Crippen LogP contribution in [0.25, 0.3) is 0 Å². The highest BCUT2D eigenvalue weighted by atomic mass is 35.5. The van der Waals surface area contributed by atoms with Crippen molar-refractivity contribution in [3.8, 4) is 5.75 Å². The van der Waals surface area contributed by atoms with E-state index in [1.165, 1.54) is 6.92 Å². The molecule has 0 saturated heterocycles. The fourth-order valence-corrected chi connectivity index (χ4v) is 3.36. The van der Waals surface area contributed by atoms with Crippen LogP contribution in [0.15, 0.2) is 90.3 Å². The molecule has 33 heavy (non-hydrogen) atoms. The van der Waals surface area contributed by atoms with Crippen molar-refractivity contribution in [3.05, 3.63) is 112 Å². The van der Waals surface area contributed by atoms with Crippen LogP contribution in [0.2, 0.25) is 5.02 Å². The Morgan fingerprint density at radius 2 is 1.61 bits per heavy atom. The summed E-state index contributed by atoms with van der Waals surface area (Å²) in [5.41, 5.74) is 7.93. The minimum atomic E-state index is -0.802. The molecule has 1 unspecified atom stereocenters. The minimum Gasteiger partial charge on any atom is -0.489 e. The van der Waals surface area contributed by atoms with Crippen molar-refractivity contribution in [1.82, 2.24) is 5.32 Å². The normalized spacial score (nSPS) is 12.3. The average Bonchev–Trinajstić information content (AvgIpc) is 2.82. The lowest BCUT2D eigenvalue weighted by molar-refractivity contribution is 0.0975. The highest BCUT2D eigenvalue weighted by Crippen LogP contribution is 2.25. The van der Waals surface area contributed by atoms with Crippen LogP contribution in [-0.4, -0.2) is 11.9 Å². The molecule has 0 aliphatic rings. The number of ether oxygens (including phenoxy) is 2. The van der Waals surface area contributed by atoms with E-state index in [2.05, 4.69) is 5.32 Å². The van der Waals surface area contributed by atoms with Gasteiger partial charge in [0.25, 0.3) is 0 Å².